The fourth-order valence-electron chi connectivity index (χ4n) is 7.77. The first-order valence-corrected chi connectivity index (χ1v) is 31.0. The molecule has 0 aromatic rings. The molecule has 0 heterocycles. The molecule has 0 saturated carbocycles. The number of esters is 3. The van der Waals surface area contributed by atoms with Crippen LogP contribution in [0.25, 0.3) is 0 Å². The van der Waals surface area contributed by atoms with Crippen LogP contribution in [-0.2, 0) is 42.2 Å². The van der Waals surface area contributed by atoms with Crippen molar-refractivity contribution in [3.8, 4) is 0 Å². The van der Waals surface area contributed by atoms with Crippen molar-refractivity contribution in [1.82, 2.24) is 0 Å². The van der Waals surface area contributed by atoms with Crippen LogP contribution in [0.4, 0.5) is 0 Å². The van der Waals surface area contributed by atoms with Crippen LogP contribution >= 0.6 is 7.82 Å². The molecule has 0 bridgehead atoms. The zero-order valence-electron chi connectivity index (χ0n) is 47.0. The van der Waals surface area contributed by atoms with Crippen molar-refractivity contribution in [2.75, 3.05) is 26.4 Å². The maximum Gasteiger partial charge on any atom is 0.472 e. The van der Waals surface area contributed by atoms with E-state index in [2.05, 4.69) is 106 Å². The summed E-state index contributed by atoms with van der Waals surface area (Å²) in [5.41, 5.74) is 0. The number of hydrogen-bond donors (Lipinski definition) is 2. The summed E-state index contributed by atoms with van der Waals surface area (Å²) in [6.45, 7) is 4.44. The molecular weight excluding hydrogens is 952 g/mol. The fourth-order valence-corrected chi connectivity index (χ4v) is 8.55. The fraction of sp³-hybridized carbons (Fsp3) is 0.726. The van der Waals surface area contributed by atoms with Crippen molar-refractivity contribution in [1.29, 1.82) is 0 Å². The van der Waals surface area contributed by atoms with Crippen molar-refractivity contribution in [2.45, 2.75) is 264 Å². The standard InChI is InChI=1S/C62H107O11P/c1-4-7-10-13-16-19-22-24-26-28-29-31-33-35-38-41-44-47-50-53-62(66)73-59(55-69-60(64)51-48-45-42-39-36-21-18-15-12-9-6-3)57-71-74(67,68)70-56-58(54-63)72-61(65)52-49-46-43-40-37-34-32-30-27-25-23-20-17-14-11-8-5-2/h7,10,15-16,18-19,24-27,29,31,35,38,58-59,63H,4-6,8-9,11-14,17,20-23,28,30,32-34,36-37,39-57H2,1-3H3,(H,67,68)/b10-7-,18-15-,19-16-,26-24-,27-25-,31-29-,38-35-. The second-order valence-electron chi connectivity index (χ2n) is 19.4. The molecule has 0 rings (SSSR count). The molecule has 0 aliphatic carbocycles. The van der Waals surface area contributed by atoms with Crippen LogP contribution in [0.1, 0.15) is 252 Å². The van der Waals surface area contributed by atoms with Gasteiger partial charge in [-0.25, -0.2) is 4.57 Å². The van der Waals surface area contributed by atoms with Crippen molar-refractivity contribution < 1.29 is 52.2 Å². The summed E-state index contributed by atoms with van der Waals surface area (Å²) in [4.78, 5) is 48.5. The third kappa shape index (κ3) is 53.5. The topological polar surface area (TPSA) is 155 Å². The van der Waals surface area contributed by atoms with E-state index in [0.29, 0.717) is 19.3 Å². The van der Waals surface area contributed by atoms with E-state index in [4.69, 9.17) is 23.3 Å². The number of rotatable bonds is 54. The zero-order chi connectivity index (χ0) is 54.1. The third-order valence-electron chi connectivity index (χ3n) is 12.3. The molecule has 0 aromatic heterocycles. The lowest BCUT2D eigenvalue weighted by Crippen LogP contribution is -2.30. The lowest BCUT2D eigenvalue weighted by atomic mass is 10.1. The zero-order valence-corrected chi connectivity index (χ0v) is 47.9. The highest BCUT2D eigenvalue weighted by Gasteiger charge is 2.28. The van der Waals surface area contributed by atoms with E-state index in [0.717, 1.165) is 116 Å². The van der Waals surface area contributed by atoms with Gasteiger partial charge in [0.05, 0.1) is 19.8 Å². The van der Waals surface area contributed by atoms with E-state index in [9.17, 15) is 28.9 Å². The minimum Gasteiger partial charge on any atom is -0.462 e. The summed E-state index contributed by atoms with van der Waals surface area (Å²) in [7, 11) is -4.76. The molecule has 0 amide bonds. The molecule has 426 valence electrons. The number of phosphoric acid groups is 1. The van der Waals surface area contributed by atoms with Gasteiger partial charge >= 0.3 is 25.7 Å². The van der Waals surface area contributed by atoms with Gasteiger partial charge in [0.25, 0.3) is 0 Å². The number of carbonyl (C=O) groups excluding carboxylic acids is 3. The molecule has 0 saturated heterocycles. The first-order valence-electron chi connectivity index (χ1n) is 29.5. The van der Waals surface area contributed by atoms with E-state index in [1.54, 1.807) is 0 Å². The Labute approximate surface area is 451 Å². The van der Waals surface area contributed by atoms with E-state index >= 15 is 0 Å². The van der Waals surface area contributed by atoms with Crippen LogP contribution in [0.3, 0.4) is 0 Å². The average molecular weight is 1060 g/mol. The normalized spacial score (nSPS) is 14.0. The summed E-state index contributed by atoms with van der Waals surface area (Å²) in [5, 5.41) is 9.82. The number of ether oxygens (including phenoxy) is 3. The summed E-state index contributed by atoms with van der Waals surface area (Å²) < 4.78 is 39.5. The van der Waals surface area contributed by atoms with Crippen molar-refractivity contribution in [3.05, 3.63) is 85.1 Å². The highest BCUT2D eigenvalue weighted by Crippen LogP contribution is 2.43. The number of hydrogen-bond acceptors (Lipinski definition) is 10. The Morgan fingerprint density at radius 1 is 0.392 bits per heavy atom. The summed E-state index contributed by atoms with van der Waals surface area (Å²) in [5.74, 6) is -1.52. The SMILES string of the molecule is CC/C=C\C/C=C\C/C=C\C/C=C\C/C=C\CCCCCC(=O)OC(COC(=O)CCCCCCC/C=C\CCCC)COP(=O)(O)OCC(CO)OC(=O)CCCCCCCCC/C=C\CCCCCCCC. The van der Waals surface area contributed by atoms with Gasteiger partial charge in [0, 0.05) is 19.3 Å². The maximum absolute atomic E-state index is 12.9. The molecule has 3 atom stereocenters. The predicted molar refractivity (Wildman–Crippen MR) is 307 cm³/mol. The number of phosphoric ester groups is 1. The van der Waals surface area contributed by atoms with Crippen LogP contribution in [0, 0.1) is 0 Å². The number of unbranched alkanes of at least 4 members (excludes halogenated alkanes) is 23. The summed E-state index contributed by atoms with van der Waals surface area (Å²) in [6, 6.07) is 0. The summed E-state index contributed by atoms with van der Waals surface area (Å²) >= 11 is 0. The van der Waals surface area contributed by atoms with Crippen LogP contribution in [-0.4, -0.2) is 66.5 Å². The minimum atomic E-state index is -4.76. The van der Waals surface area contributed by atoms with Gasteiger partial charge in [-0.15, -0.1) is 0 Å². The second kappa shape index (κ2) is 55.9. The number of carbonyl (C=O) groups is 3. The van der Waals surface area contributed by atoms with Gasteiger partial charge in [-0.3, -0.25) is 23.4 Å². The highest BCUT2D eigenvalue weighted by atomic mass is 31.2. The molecule has 3 unspecified atom stereocenters. The molecule has 0 aliphatic rings. The Bertz CT molecular complexity index is 1560. The third-order valence-corrected chi connectivity index (χ3v) is 13.2. The van der Waals surface area contributed by atoms with E-state index in [-0.39, 0.29) is 25.9 Å². The Morgan fingerprint density at radius 3 is 1.15 bits per heavy atom. The van der Waals surface area contributed by atoms with E-state index < -0.39 is 57.8 Å². The Kier molecular flexibility index (Phi) is 53.4. The van der Waals surface area contributed by atoms with Gasteiger partial charge in [-0.1, -0.05) is 209 Å². The summed E-state index contributed by atoms with van der Waals surface area (Å²) in [6.07, 6.45) is 64.0. The molecule has 0 radical (unpaired) electrons. The van der Waals surface area contributed by atoms with Crippen molar-refractivity contribution in [3.63, 3.8) is 0 Å². The number of allylic oxidation sites excluding steroid dienone is 14. The van der Waals surface area contributed by atoms with Gasteiger partial charge < -0.3 is 24.2 Å². The minimum absolute atomic E-state index is 0.124. The van der Waals surface area contributed by atoms with E-state index in [1.807, 2.05) is 0 Å². The Balaban J connectivity index is 4.73. The molecule has 0 aromatic carbocycles. The van der Waals surface area contributed by atoms with Crippen molar-refractivity contribution in [2.24, 2.45) is 0 Å². The number of aliphatic hydroxyl groups is 1. The monoisotopic (exact) mass is 1060 g/mol. The smallest absolute Gasteiger partial charge is 0.462 e. The molecule has 0 fully saturated rings. The molecule has 74 heavy (non-hydrogen) atoms. The lowest BCUT2D eigenvalue weighted by Gasteiger charge is -2.21. The largest absolute Gasteiger partial charge is 0.472 e. The van der Waals surface area contributed by atoms with Crippen LogP contribution < -0.4 is 0 Å². The molecule has 12 heteroatoms. The average Bonchev–Trinajstić information content (AvgIpc) is 3.39. The maximum atomic E-state index is 12.9. The van der Waals surface area contributed by atoms with Gasteiger partial charge in [-0.05, 0) is 109 Å². The van der Waals surface area contributed by atoms with Crippen LogP contribution in [0.15, 0.2) is 85.1 Å². The lowest BCUT2D eigenvalue weighted by molar-refractivity contribution is -0.161. The van der Waals surface area contributed by atoms with Gasteiger partial charge in [0.1, 0.15) is 12.7 Å². The van der Waals surface area contributed by atoms with E-state index in [1.165, 1.54) is 77.0 Å². The Hall–Kier alpha value is -3.34. The molecule has 2 N–H and O–H groups in total. The molecule has 0 spiro atoms. The van der Waals surface area contributed by atoms with Crippen molar-refractivity contribution >= 4 is 25.7 Å². The van der Waals surface area contributed by atoms with Gasteiger partial charge in [0.2, 0.25) is 0 Å². The first kappa shape index (κ1) is 70.7. The molecule has 0 aliphatic heterocycles. The highest BCUT2D eigenvalue weighted by molar-refractivity contribution is 7.47. The predicted octanol–water partition coefficient (Wildman–Crippen LogP) is 17.5. The second-order valence-corrected chi connectivity index (χ2v) is 20.9. The molecular formula is C62H107O11P. The molecule has 11 nitrogen and oxygen atoms in total. The van der Waals surface area contributed by atoms with Gasteiger partial charge in [0.15, 0.2) is 6.10 Å². The van der Waals surface area contributed by atoms with Crippen LogP contribution in [0.2, 0.25) is 0 Å². The van der Waals surface area contributed by atoms with Gasteiger partial charge in [-0.2, -0.15) is 0 Å². The Morgan fingerprint density at radius 2 is 0.716 bits per heavy atom. The quantitative estimate of drug-likeness (QED) is 0.0197. The van der Waals surface area contributed by atoms with Crippen LogP contribution in [0.5, 0.6) is 0 Å². The first-order chi connectivity index (χ1) is 36.2. The number of aliphatic hydroxyl groups excluding tert-OH is 1.